The zero-order chi connectivity index (χ0) is 23.8. The standard InChI is InChI=1S/C27H22N2O4S/c1-32-21-13-9-19(10-14-21)26(30)29-25(18-24-8-5-17-34-24)27(31)28-20-11-15-23(16-12-20)33-22-6-3-2-4-7-22/h2-18H,1H3,(H,28,31)(H,29,30)/b25-18-. The second-order valence-corrected chi connectivity index (χ2v) is 8.13. The van der Waals surface area contributed by atoms with Crippen molar-refractivity contribution in [1.82, 2.24) is 5.32 Å². The van der Waals surface area contributed by atoms with Gasteiger partial charge in [0.1, 0.15) is 22.9 Å². The highest BCUT2D eigenvalue weighted by Crippen LogP contribution is 2.23. The maximum Gasteiger partial charge on any atom is 0.272 e. The number of hydrogen-bond donors (Lipinski definition) is 2. The van der Waals surface area contributed by atoms with E-state index in [0.29, 0.717) is 22.7 Å². The van der Waals surface area contributed by atoms with Crippen molar-refractivity contribution in [3.8, 4) is 17.2 Å². The van der Waals surface area contributed by atoms with Crippen molar-refractivity contribution in [2.24, 2.45) is 0 Å². The lowest BCUT2D eigenvalue weighted by Gasteiger charge is -2.12. The molecular weight excluding hydrogens is 448 g/mol. The molecule has 2 N–H and O–H groups in total. The fourth-order valence-corrected chi connectivity index (χ4v) is 3.70. The van der Waals surface area contributed by atoms with Gasteiger partial charge in [0.25, 0.3) is 11.8 Å². The molecule has 2 amide bonds. The Hall–Kier alpha value is -4.36. The van der Waals surface area contributed by atoms with Gasteiger partial charge in [0.05, 0.1) is 7.11 Å². The maximum absolute atomic E-state index is 13.0. The van der Waals surface area contributed by atoms with E-state index >= 15 is 0 Å². The minimum atomic E-state index is -0.438. The molecule has 7 heteroatoms. The topological polar surface area (TPSA) is 76.7 Å². The van der Waals surface area contributed by atoms with E-state index < -0.39 is 11.8 Å². The number of anilines is 1. The number of carbonyl (C=O) groups excluding carboxylic acids is 2. The largest absolute Gasteiger partial charge is 0.497 e. The van der Waals surface area contributed by atoms with Crippen LogP contribution in [0.1, 0.15) is 15.2 Å². The van der Waals surface area contributed by atoms with Crippen molar-refractivity contribution in [2.45, 2.75) is 0 Å². The zero-order valence-corrected chi connectivity index (χ0v) is 19.2. The van der Waals surface area contributed by atoms with Crippen LogP contribution in [0.4, 0.5) is 5.69 Å². The Morgan fingerprint density at radius 1 is 0.794 bits per heavy atom. The molecule has 0 bridgehead atoms. The second kappa shape index (κ2) is 11.0. The molecule has 6 nitrogen and oxygen atoms in total. The quantitative estimate of drug-likeness (QED) is 0.312. The number of hydrogen-bond acceptors (Lipinski definition) is 5. The summed E-state index contributed by atoms with van der Waals surface area (Å²) in [5.74, 6) is 1.18. The molecule has 0 saturated carbocycles. The zero-order valence-electron chi connectivity index (χ0n) is 18.4. The van der Waals surface area contributed by atoms with Crippen LogP contribution in [-0.4, -0.2) is 18.9 Å². The number of nitrogens with one attached hydrogen (secondary N) is 2. The van der Waals surface area contributed by atoms with Crippen LogP contribution in [0, 0.1) is 0 Å². The maximum atomic E-state index is 13.0. The normalized spacial score (nSPS) is 10.9. The molecule has 0 fully saturated rings. The van der Waals surface area contributed by atoms with Gasteiger partial charge in [-0.1, -0.05) is 24.3 Å². The third-order valence-corrected chi connectivity index (χ3v) is 5.59. The average Bonchev–Trinajstić information content (AvgIpc) is 3.39. The van der Waals surface area contributed by atoms with Crippen molar-refractivity contribution in [2.75, 3.05) is 12.4 Å². The summed E-state index contributed by atoms with van der Waals surface area (Å²) in [6, 6.07) is 26.9. The molecule has 34 heavy (non-hydrogen) atoms. The molecule has 1 heterocycles. The lowest BCUT2D eigenvalue weighted by molar-refractivity contribution is -0.113. The number of thiophene rings is 1. The first-order chi connectivity index (χ1) is 16.6. The molecule has 0 unspecified atom stereocenters. The molecular formula is C27H22N2O4S. The van der Waals surface area contributed by atoms with Crippen molar-refractivity contribution in [1.29, 1.82) is 0 Å². The van der Waals surface area contributed by atoms with Crippen LogP contribution in [0.5, 0.6) is 17.2 Å². The van der Waals surface area contributed by atoms with E-state index in [1.807, 2.05) is 47.8 Å². The van der Waals surface area contributed by atoms with Gasteiger partial charge in [0, 0.05) is 16.1 Å². The first kappa shape index (κ1) is 22.8. The summed E-state index contributed by atoms with van der Waals surface area (Å²) in [7, 11) is 1.56. The third kappa shape index (κ3) is 6.11. The Labute approximate surface area is 201 Å². The Kier molecular flexibility index (Phi) is 7.37. The van der Waals surface area contributed by atoms with E-state index in [9.17, 15) is 9.59 Å². The van der Waals surface area contributed by atoms with Crippen LogP contribution < -0.4 is 20.1 Å². The van der Waals surface area contributed by atoms with E-state index in [1.54, 1.807) is 61.7 Å². The molecule has 0 radical (unpaired) electrons. The van der Waals surface area contributed by atoms with Gasteiger partial charge in [0.15, 0.2) is 0 Å². The SMILES string of the molecule is COc1ccc(C(=O)N/C(=C\c2cccs2)C(=O)Nc2ccc(Oc3ccccc3)cc2)cc1. The minimum Gasteiger partial charge on any atom is -0.497 e. The molecule has 1 aromatic heterocycles. The molecule has 0 aliphatic rings. The van der Waals surface area contributed by atoms with Crippen LogP contribution in [0.3, 0.4) is 0 Å². The highest BCUT2D eigenvalue weighted by atomic mass is 32.1. The fourth-order valence-electron chi connectivity index (χ4n) is 3.04. The molecule has 0 spiro atoms. The summed E-state index contributed by atoms with van der Waals surface area (Å²) >= 11 is 1.46. The number of carbonyl (C=O) groups is 2. The van der Waals surface area contributed by atoms with Gasteiger partial charge in [-0.2, -0.15) is 0 Å². The highest BCUT2D eigenvalue weighted by Gasteiger charge is 2.15. The summed E-state index contributed by atoms with van der Waals surface area (Å²) in [6.45, 7) is 0. The van der Waals surface area contributed by atoms with Crippen molar-refractivity contribution in [3.05, 3.63) is 113 Å². The van der Waals surface area contributed by atoms with E-state index in [0.717, 1.165) is 10.6 Å². The van der Waals surface area contributed by atoms with Crippen LogP contribution in [-0.2, 0) is 4.79 Å². The summed E-state index contributed by atoms with van der Waals surface area (Å²) in [5, 5.41) is 7.45. The van der Waals surface area contributed by atoms with Gasteiger partial charge in [0.2, 0.25) is 0 Å². The molecule has 0 atom stereocenters. The summed E-state index contributed by atoms with van der Waals surface area (Å²) < 4.78 is 10.9. The number of para-hydroxylation sites is 1. The molecule has 4 rings (SSSR count). The lowest BCUT2D eigenvalue weighted by Crippen LogP contribution is -2.30. The van der Waals surface area contributed by atoms with E-state index in [1.165, 1.54) is 11.3 Å². The average molecular weight is 471 g/mol. The van der Waals surface area contributed by atoms with Crippen LogP contribution >= 0.6 is 11.3 Å². The number of methoxy groups -OCH3 is 1. The fraction of sp³-hybridized carbons (Fsp3) is 0.0370. The first-order valence-electron chi connectivity index (χ1n) is 10.5. The highest BCUT2D eigenvalue weighted by molar-refractivity contribution is 7.10. The molecule has 170 valence electrons. The van der Waals surface area contributed by atoms with Gasteiger partial charge in [-0.25, -0.2) is 0 Å². The Bertz CT molecular complexity index is 1270. The number of benzene rings is 3. The smallest absolute Gasteiger partial charge is 0.272 e. The summed E-state index contributed by atoms with van der Waals surface area (Å²) in [5.41, 5.74) is 1.11. The second-order valence-electron chi connectivity index (χ2n) is 7.15. The van der Waals surface area contributed by atoms with Crippen LogP contribution in [0.2, 0.25) is 0 Å². The van der Waals surface area contributed by atoms with Crippen LogP contribution in [0.25, 0.3) is 6.08 Å². The molecule has 4 aromatic rings. The number of ether oxygens (including phenoxy) is 2. The Morgan fingerprint density at radius 2 is 1.47 bits per heavy atom. The minimum absolute atomic E-state index is 0.132. The van der Waals surface area contributed by atoms with E-state index in [-0.39, 0.29) is 5.70 Å². The van der Waals surface area contributed by atoms with Crippen molar-refractivity contribution >= 4 is 34.9 Å². The third-order valence-electron chi connectivity index (χ3n) is 4.77. The summed E-state index contributed by atoms with van der Waals surface area (Å²) in [6.07, 6.45) is 1.65. The van der Waals surface area contributed by atoms with Gasteiger partial charge in [-0.15, -0.1) is 11.3 Å². The molecule has 3 aromatic carbocycles. The number of rotatable bonds is 8. The van der Waals surface area contributed by atoms with Crippen molar-refractivity contribution < 1.29 is 19.1 Å². The van der Waals surface area contributed by atoms with Gasteiger partial charge in [-0.05, 0) is 78.2 Å². The Morgan fingerprint density at radius 3 is 2.12 bits per heavy atom. The Balaban J connectivity index is 1.47. The first-order valence-corrected chi connectivity index (χ1v) is 11.3. The summed E-state index contributed by atoms with van der Waals surface area (Å²) in [4.78, 5) is 26.7. The molecule has 0 saturated heterocycles. The van der Waals surface area contributed by atoms with Gasteiger partial charge < -0.3 is 20.1 Å². The van der Waals surface area contributed by atoms with Gasteiger partial charge >= 0.3 is 0 Å². The van der Waals surface area contributed by atoms with E-state index in [2.05, 4.69) is 10.6 Å². The van der Waals surface area contributed by atoms with E-state index in [4.69, 9.17) is 9.47 Å². The van der Waals surface area contributed by atoms with Crippen molar-refractivity contribution in [3.63, 3.8) is 0 Å². The van der Waals surface area contributed by atoms with Crippen LogP contribution in [0.15, 0.2) is 102 Å². The van der Waals surface area contributed by atoms with Gasteiger partial charge in [-0.3, -0.25) is 9.59 Å². The predicted octanol–water partition coefficient (Wildman–Crippen LogP) is 5.96. The monoisotopic (exact) mass is 470 g/mol. The lowest BCUT2D eigenvalue weighted by atomic mass is 10.2. The molecule has 0 aliphatic carbocycles. The predicted molar refractivity (Wildman–Crippen MR) is 134 cm³/mol. The molecule has 0 aliphatic heterocycles. The number of amides is 2.